The highest BCUT2D eigenvalue weighted by atomic mass is 16.4. The Morgan fingerprint density at radius 2 is 1.47 bits per heavy atom. The van der Waals surface area contributed by atoms with Gasteiger partial charge in [-0.15, -0.1) is 0 Å². The first kappa shape index (κ1) is 28.5. The van der Waals surface area contributed by atoms with Crippen molar-refractivity contribution in [3.05, 3.63) is 35.9 Å². The summed E-state index contributed by atoms with van der Waals surface area (Å²) < 4.78 is 0. The molecule has 13 nitrogen and oxygen atoms in total. The maximum Gasteiger partial charge on any atom is 0.328 e. The van der Waals surface area contributed by atoms with E-state index in [9.17, 15) is 34.2 Å². The van der Waals surface area contributed by atoms with E-state index in [1.54, 1.807) is 30.3 Å². The lowest BCUT2D eigenvalue weighted by Crippen LogP contribution is -2.59. The molecule has 9 N–H and O–H groups in total. The van der Waals surface area contributed by atoms with Gasteiger partial charge < -0.3 is 42.1 Å². The zero-order valence-electron chi connectivity index (χ0n) is 18.5. The average molecular weight is 482 g/mol. The van der Waals surface area contributed by atoms with E-state index >= 15 is 0 Å². The minimum atomic E-state index is -1.65. The summed E-state index contributed by atoms with van der Waals surface area (Å²) in [5.74, 6) is -5.46. The molecule has 0 fully saturated rings. The van der Waals surface area contributed by atoms with Crippen molar-refractivity contribution in [1.29, 1.82) is 0 Å². The molecule has 188 valence electrons. The van der Waals surface area contributed by atoms with Gasteiger partial charge in [0.15, 0.2) is 6.04 Å². The molecule has 0 saturated heterocycles. The number of aliphatic hydroxyl groups excluding tert-OH is 2. The van der Waals surface area contributed by atoms with E-state index in [2.05, 4.69) is 16.0 Å². The minimum Gasteiger partial charge on any atom is -0.481 e. The number of carbonyl (C=O) groups excluding carboxylic acids is 3. The van der Waals surface area contributed by atoms with Crippen LogP contribution in [0.2, 0.25) is 0 Å². The lowest BCUT2D eigenvalue weighted by Gasteiger charge is -2.25. The molecule has 0 aliphatic rings. The molecule has 13 heteroatoms. The van der Waals surface area contributed by atoms with E-state index in [1.807, 2.05) is 0 Å². The van der Waals surface area contributed by atoms with Gasteiger partial charge in [0.25, 0.3) is 0 Å². The summed E-state index contributed by atoms with van der Waals surface area (Å²) >= 11 is 0. The molecule has 34 heavy (non-hydrogen) atoms. The van der Waals surface area contributed by atoms with Crippen LogP contribution in [-0.2, 0) is 30.4 Å². The normalized spacial score (nSPS) is 15.2. The molecule has 0 saturated carbocycles. The molecule has 1 aromatic carbocycles. The Labute approximate surface area is 195 Å². The highest BCUT2D eigenvalue weighted by Crippen LogP contribution is 2.07. The number of carbonyl (C=O) groups is 5. The summed E-state index contributed by atoms with van der Waals surface area (Å²) in [6.07, 6.45) is -2.33. The van der Waals surface area contributed by atoms with E-state index in [4.69, 9.17) is 15.9 Å². The highest BCUT2D eigenvalue weighted by molar-refractivity contribution is 5.94. The van der Waals surface area contributed by atoms with Crippen molar-refractivity contribution in [1.82, 2.24) is 16.0 Å². The van der Waals surface area contributed by atoms with Crippen LogP contribution < -0.4 is 21.7 Å². The summed E-state index contributed by atoms with van der Waals surface area (Å²) in [4.78, 5) is 60.1. The molecular weight excluding hydrogens is 452 g/mol. The number of nitrogens with one attached hydrogen (secondary N) is 3. The smallest absolute Gasteiger partial charge is 0.328 e. The van der Waals surface area contributed by atoms with Gasteiger partial charge in [0.05, 0.1) is 12.7 Å². The SMILES string of the molecule is CC(O)C(NC(=O)C(Cc1ccccc1)NC(=O)C(CCC(=O)O)NC(=O)C(N)CO)C(=O)O. The van der Waals surface area contributed by atoms with Crippen LogP contribution in [0.1, 0.15) is 25.3 Å². The first-order valence-electron chi connectivity index (χ1n) is 10.4. The van der Waals surface area contributed by atoms with E-state index in [1.165, 1.54) is 6.92 Å². The molecule has 1 rings (SSSR count). The number of amides is 3. The standard InChI is InChI=1S/C21H30N4O9/c1-11(27)17(21(33)34)25-20(32)15(9-12-5-3-2-4-6-12)24-19(31)14(7-8-16(28)29)23-18(30)13(22)10-26/h2-6,11,13-15,17,26-27H,7-10,22H2,1H3,(H,23,30)(H,24,31)(H,25,32)(H,28,29)(H,33,34). The molecule has 3 amide bonds. The lowest BCUT2D eigenvalue weighted by atomic mass is 10.0. The summed E-state index contributed by atoms with van der Waals surface area (Å²) in [6, 6.07) is 2.71. The molecule has 0 spiro atoms. The predicted octanol–water partition coefficient (Wildman–Crippen LogP) is -2.67. The highest BCUT2D eigenvalue weighted by Gasteiger charge is 2.32. The molecule has 0 aliphatic heterocycles. The molecular formula is C21H30N4O9. The van der Waals surface area contributed by atoms with Gasteiger partial charge in [-0.2, -0.15) is 0 Å². The molecule has 0 bridgehead atoms. The molecule has 5 atom stereocenters. The molecule has 5 unspecified atom stereocenters. The molecule has 1 aromatic rings. The number of hydrogen-bond donors (Lipinski definition) is 8. The maximum absolute atomic E-state index is 12.9. The Balaban J connectivity index is 3.13. The van der Waals surface area contributed by atoms with Crippen molar-refractivity contribution in [3.63, 3.8) is 0 Å². The summed E-state index contributed by atoms with van der Waals surface area (Å²) in [6.45, 7) is 0.458. The summed E-state index contributed by atoms with van der Waals surface area (Å²) in [5, 5.41) is 43.7. The maximum atomic E-state index is 12.9. The molecule has 0 aliphatic carbocycles. The van der Waals surface area contributed by atoms with Gasteiger partial charge in [-0.1, -0.05) is 30.3 Å². The second-order valence-corrected chi connectivity index (χ2v) is 7.60. The first-order chi connectivity index (χ1) is 16.0. The topological polar surface area (TPSA) is 228 Å². The van der Waals surface area contributed by atoms with Gasteiger partial charge in [-0.05, 0) is 18.9 Å². The van der Waals surface area contributed by atoms with Crippen molar-refractivity contribution >= 4 is 29.7 Å². The van der Waals surface area contributed by atoms with Crippen molar-refractivity contribution in [2.24, 2.45) is 5.73 Å². The minimum absolute atomic E-state index is 0.0691. The fourth-order valence-electron chi connectivity index (χ4n) is 2.87. The zero-order chi connectivity index (χ0) is 25.8. The predicted molar refractivity (Wildman–Crippen MR) is 117 cm³/mol. The number of nitrogens with two attached hydrogens (primary N) is 1. The molecule has 0 aromatic heterocycles. The van der Waals surface area contributed by atoms with Gasteiger partial charge >= 0.3 is 11.9 Å². The Morgan fingerprint density at radius 3 is 1.97 bits per heavy atom. The lowest BCUT2D eigenvalue weighted by molar-refractivity contribution is -0.145. The third-order valence-electron chi connectivity index (χ3n) is 4.78. The Kier molecular flexibility index (Phi) is 11.6. The van der Waals surface area contributed by atoms with E-state index < -0.39 is 73.0 Å². The van der Waals surface area contributed by atoms with E-state index in [0.717, 1.165) is 0 Å². The van der Waals surface area contributed by atoms with Crippen LogP contribution in [0.15, 0.2) is 30.3 Å². The van der Waals surface area contributed by atoms with Crippen molar-refractivity contribution < 1.29 is 44.4 Å². The fourth-order valence-corrected chi connectivity index (χ4v) is 2.87. The van der Waals surface area contributed by atoms with E-state index in [-0.39, 0.29) is 12.8 Å². The number of aliphatic hydroxyl groups is 2. The Hall–Kier alpha value is -3.55. The fraction of sp³-hybridized carbons (Fsp3) is 0.476. The van der Waals surface area contributed by atoms with Crippen LogP contribution in [0.25, 0.3) is 0 Å². The van der Waals surface area contributed by atoms with Crippen LogP contribution in [0.3, 0.4) is 0 Å². The van der Waals surface area contributed by atoms with Crippen LogP contribution in [0, 0.1) is 0 Å². The Morgan fingerprint density at radius 1 is 0.912 bits per heavy atom. The number of hydrogen-bond acceptors (Lipinski definition) is 8. The Bertz CT molecular complexity index is 863. The second kappa shape index (κ2) is 13.9. The number of carboxylic acid groups (broad SMARTS) is 2. The second-order valence-electron chi connectivity index (χ2n) is 7.60. The monoisotopic (exact) mass is 482 g/mol. The molecule has 0 radical (unpaired) electrons. The number of aliphatic carboxylic acids is 2. The summed E-state index contributed by atoms with van der Waals surface area (Å²) in [7, 11) is 0. The average Bonchev–Trinajstić information content (AvgIpc) is 2.78. The quantitative estimate of drug-likeness (QED) is 0.137. The number of benzene rings is 1. The van der Waals surface area contributed by atoms with Gasteiger partial charge in [0.1, 0.15) is 18.1 Å². The van der Waals surface area contributed by atoms with E-state index in [0.29, 0.717) is 5.56 Å². The van der Waals surface area contributed by atoms with Gasteiger partial charge in [0.2, 0.25) is 17.7 Å². The van der Waals surface area contributed by atoms with Crippen LogP contribution >= 0.6 is 0 Å². The van der Waals surface area contributed by atoms with Gasteiger partial charge in [0, 0.05) is 12.8 Å². The van der Waals surface area contributed by atoms with Crippen LogP contribution in [-0.4, -0.2) is 87.0 Å². The largest absolute Gasteiger partial charge is 0.481 e. The molecule has 0 heterocycles. The van der Waals surface area contributed by atoms with Crippen molar-refractivity contribution in [2.75, 3.05) is 6.61 Å². The van der Waals surface area contributed by atoms with Crippen LogP contribution in [0.5, 0.6) is 0 Å². The van der Waals surface area contributed by atoms with Crippen LogP contribution in [0.4, 0.5) is 0 Å². The zero-order valence-corrected chi connectivity index (χ0v) is 18.5. The van der Waals surface area contributed by atoms with Gasteiger partial charge in [-0.25, -0.2) is 4.79 Å². The number of carboxylic acids is 2. The van der Waals surface area contributed by atoms with Crippen molar-refractivity contribution in [3.8, 4) is 0 Å². The first-order valence-corrected chi connectivity index (χ1v) is 10.4. The third-order valence-corrected chi connectivity index (χ3v) is 4.78. The van der Waals surface area contributed by atoms with Gasteiger partial charge in [-0.3, -0.25) is 19.2 Å². The van der Waals surface area contributed by atoms with Crippen molar-refractivity contribution in [2.45, 2.75) is 56.5 Å². The number of rotatable bonds is 14. The third kappa shape index (κ3) is 9.52. The summed E-state index contributed by atoms with van der Waals surface area (Å²) in [5.41, 5.74) is 6.04.